The van der Waals surface area contributed by atoms with Gasteiger partial charge >= 0.3 is 6.09 Å². The smallest absolute Gasteiger partial charge is 0.407 e. The summed E-state index contributed by atoms with van der Waals surface area (Å²) in [6.07, 6.45) is 0.0948. The number of aryl methyl sites for hydroxylation is 1. The SMILES string of the molecule is Cc1ccc2c(c1)OC(C)(CCNC(=O)OC(C)(C)C)O2. The molecular weight excluding hydrogens is 270 g/mol. The Morgan fingerprint density at radius 3 is 2.62 bits per heavy atom. The maximum absolute atomic E-state index is 11.6. The number of amides is 1. The number of fused-ring (bicyclic) bond motifs is 1. The van der Waals surface area contributed by atoms with E-state index in [1.54, 1.807) is 0 Å². The Kier molecular flexibility index (Phi) is 4.03. The molecule has 1 N–H and O–H groups in total. The molecule has 1 aromatic carbocycles. The second-order valence-electron chi connectivity index (χ2n) is 6.47. The van der Waals surface area contributed by atoms with Gasteiger partial charge < -0.3 is 19.5 Å². The minimum atomic E-state index is -0.759. The molecule has 1 atom stereocenters. The van der Waals surface area contributed by atoms with Gasteiger partial charge in [0.15, 0.2) is 11.5 Å². The number of hydrogen-bond acceptors (Lipinski definition) is 4. The number of rotatable bonds is 3. The van der Waals surface area contributed by atoms with Crippen LogP contribution in [0.15, 0.2) is 18.2 Å². The summed E-state index contributed by atoms with van der Waals surface area (Å²) in [5.74, 6) is 0.723. The molecule has 1 aliphatic rings. The molecule has 1 amide bonds. The molecule has 0 saturated carbocycles. The first-order valence-corrected chi connectivity index (χ1v) is 7.12. The van der Waals surface area contributed by atoms with Crippen molar-refractivity contribution in [3.8, 4) is 11.5 Å². The quantitative estimate of drug-likeness (QED) is 0.928. The van der Waals surface area contributed by atoms with Crippen LogP contribution in [0.3, 0.4) is 0 Å². The molecule has 21 heavy (non-hydrogen) atoms. The standard InChI is InChI=1S/C16H23NO4/c1-11-6-7-12-13(10-11)20-16(5,19-12)8-9-17-14(18)21-15(2,3)4/h6-7,10H,8-9H2,1-5H3,(H,17,18). The molecule has 0 fully saturated rings. The number of hydrogen-bond donors (Lipinski definition) is 1. The van der Waals surface area contributed by atoms with Gasteiger partial charge in [-0.15, -0.1) is 0 Å². The zero-order valence-corrected chi connectivity index (χ0v) is 13.3. The second-order valence-corrected chi connectivity index (χ2v) is 6.47. The molecule has 116 valence electrons. The number of carbonyl (C=O) groups excluding carboxylic acids is 1. The van der Waals surface area contributed by atoms with E-state index < -0.39 is 17.5 Å². The first-order valence-electron chi connectivity index (χ1n) is 7.12. The average molecular weight is 293 g/mol. The lowest BCUT2D eigenvalue weighted by molar-refractivity contribution is -0.0672. The van der Waals surface area contributed by atoms with Crippen molar-refractivity contribution in [2.75, 3.05) is 6.54 Å². The van der Waals surface area contributed by atoms with Crippen molar-refractivity contribution >= 4 is 6.09 Å². The summed E-state index contributed by atoms with van der Waals surface area (Å²) in [5, 5.41) is 2.71. The minimum Gasteiger partial charge on any atom is -0.449 e. The molecule has 0 aliphatic carbocycles. The number of carbonyl (C=O) groups is 1. The summed E-state index contributed by atoms with van der Waals surface area (Å²) in [5.41, 5.74) is 0.621. The molecule has 1 unspecified atom stereocenters. The highest BCUT2D eigenvalue weighted by Gasteiger charge is 2.36. The molecule has 0 saturated heterocycles. The van der Waals surface area contributed by atoms with E-state index in [4.69, 9.17) is 14.2 Å². The minimum absolute atomic E-state index is 0.415. The molecule has 1 aliphatic heterocycles. The van der Waals surface area contributed by atoms with Crippen LogP contribution in [-0.4, -0.2) is 24.0 Å². The molecular formula is C16H23NO4. The van der Waals surface area contributed by atoms with Gasteiger partial charge in [0, 0.05) is 19.9 Å². The Balaban J connectivity index is 1.84. The topological polar surface area (TPSA) is 56.8 Å². The van der Waals surface area contributed by atoms with Crippen molar-refractivity contribution in [1.29, 1.82) is 0 Å². The van der Waals surface area contributed by atoms with E-state index in [0.29, 0.717) is 13.0 Å². The van der Waals surface area contributed by atoms with Crippen LogP contribution in [-0.2, 0) is 4.74 Å². The van der Waals surface area contributed by atoms with E-state index in [1.807, 2.05) is 52.8 Å². The molecule has 0 radical (unpaired) electrons. The number of ether oxygens (including phenoxy) is 3. The van der Waals surface area contributed by atoms with Gasteiger partial charge in [-0.1, -0.05) is 6.07 Å². The Morgan fingerprint density at radius 1 is 1.29 bits per heavy atom. The van der Waals surface area contributed by atoms with Crippen molar-refractivity contribution in [3.63, 3.8) is 0 Å². The van der Waals surface area contributed by atoms with Crippen LogP contribution < -0.4 is 14.8 Å². The molecule has 2 rings (SSSR count). The highest BCUT2D eigenvalue weighted by molar-refractivity contribution is 5.67. The van der Waals surface area contributed by atoms with Gasteiger partial charge in [-0.3, -0.25) is 0 Å². The van der Waals surface area contributed by atoms with Crippen molar-refractivity contribution in [3.05, 3.63) is 23.8 Å². The van der Waals surface area contributed by atoms with Gasteiger partial charge in [-0.25, -0.2) is 4.79 Å². The Morgan fingerprint density at radius 2 is 1.95 bits per heavy atom. The van der Waals surface area contributed by atoms with Crippen LogP contribution in [0.2, 0.25) is 0 Å². The number of benzene rings is 1. The highest BCUT2D eigenvalue weighted by Crippen LogP contribution is 2.40. The van der Waals surface area contributed by atoms with Crippen LogP contribution in [0.25, 0.3) is 0 Å². The molecule has 5 nitrogen and oxygen atoms in total. The maximum Gasteiger partial charge on any atom is 0.407 e. The Hall–Kier alpha value is -1.91. The fourth-order valence-corrected chi connectivity index (χ4v) is 2.07. The normalized spacial score (nSPS) is 20.2. The van der Waals surface area contributed by atoms with Gasteiger partial charge in [0.05, 0.1) is 0 Å². The third-order valence-electron chi connectivity index (χ3n) is 3.00. The predicted molar refractivity (Wildman–Crippen MR) is 79.7 cm³/mol. The van der Waals surface area contributed by atoms with Gasteiger partial charge in [0.1, 0.15) is 5.60 Å². The predicted octanol–water partition coefficient (Wildman–Crippen LogP) is 3.40. The monoisotopic (exact) mass is 293 g/mol. The lowest BCUT2D eigenvalue weighted by Crippen LogP contribution is -2.40. The molecule has 5 heteroatoms. The third kappa shape index (κ3) is 4.28. The summed E-state index contributed by atoms with van der Waals surface area (Å²) in [7, 11) is 0. The number of nitrogens with one attached hydrogen (secondary N) is 1. The van der Waals surface area contributed by atoms with E-state index in [1.165, 1.54) is 0 Å². The van der Waals surface area contributed by atoms with Crippen LogP contribution >= 0.6 is 0 Å². The first kappa shape index (κ1) is 15.5. The largest absolute Gasteiger partial charge is 0.449 e. The lowest BCUT2D eigenvalue weighted by atomic mass is 10.2. The lowest BCUT2D eigenvalue weighted by Gasteiger charge is -2.24. The van der Waals surface area contributed by atoms with Gasteiger partial charge in [-0.2, -0.15) is 0 Å². The maximum atomic E-state index is 11.6. The molecule has 1 heterocycles. The fourth-order valence-electron chi connectivity index (χ4n) is 2.07. The third-order valence-corrected chi connectivity index (χ3v) is 3.00. The van der Waals surface area contributed by atoms with Gasteiger partial charge in [0.25, 0.3) is 5.79 Å². The zero-order valence-electron chi connectivity index (χ0n) is 13.3. The summed E-state index contributed by atoms with van der Waals surface area (Å²) >= 11 is 0. The Labute approximate surface area is 125 Å². The summed E-state index contributed by atoms with van der Waals surface area (Å²) < 4.78 is 16.8. The highest BCUT2D eigenvalue weighted by atomic mass is 16.7. The zero-order chi connectivity index (χ0) is 15.7. The second kappa shape index (κ2) is 5.47. The van der Waals surface area contributed by atoms with E-state index >= 15 is 0 Å². The van der Waals surface area contributed by atoms with Gasteiger partial charge in [-0.05, 0) is 45.4 Å². The van der Waals surface area contributed by atoms with Crippen molar-refractivity contribution in [2.24, 2.45) is 0 Å². The van der Waals surface area contributed by atoms with Crippen LogP contribution in [0.4, 0.5) is 4.79 Å². The first-order chi connectivity index (χ1) is 9.67. The van der Waals surface area contributed by atoms with Crippen molar-refractivity contribution in [2.45, 2.75) is 52.4 Å². The molecule has 0 aromatic heterocycles. The summed E-state index contributed by atoms with van der Waals surface area (Å²) in [6.45, 7) is 9.77. The average Bonchev–Trinajstić information content (AvgIpc) is 2.62. The van der Waals surface area contributed by atoms with E-state index in [-0.39, 0.29) is 0 Å². The molecule has 1 aromatic rings. The Bertz CT molecular complexity index is 536. The molecule has 0 spiro atoms. The van der Waals surface area contributed by atoms with E-state index in [2.05, 4.69) is 5.32 Å². The van der Waals surface area contributed by atoms with Crippen LogP contribution in [0.5, 0.6) is 11.5 Å². The van der Waals surface area contributed by atoms with Crippen LogP contribution in [0, 0.1) is 6.92 Å². The van der Waals surface area contributed by atoms with Crippen molar-refractivity contribution in [1.82, 2.24) is 5.32 Å². The van der Waals surface area contributed by atoms with Crippen LogP contribution in [0.1, 0.15) is 39.7 Å². The van der Waals surface area contributed by atoms with E-state index in [9.17, 15) is 4.79 Å². The van der Waals surface area contributed by atoms with Gasteiger partial charge in [0.2, 0.25) is 0 Å². The number of alkyl carbamates (subject to hydrolysis) is 1. The van der Waals surface area contributed by atoms with E-state index in [0.717, 1.165) is 17.1 Å². The van der Waals surface area contributed by atoms with Crippen molar-refractivity contribution < 1.29 is 19.0 Å². The molecule has 0 bridgehead atoms. The summed E-state index contributed by atoms with van der Waals surface area (Å²) in [4.78, 5) is 11.6. The summed E-state index contributed by atoms with van der Waals surface area (Å²) in [6, 6.07) is 5.83. The fraction of sp³-hybridized carbons (Fsp3) is 0.562.